The molecule has 0 bridgehead atoms. The predicted octanol–water partition coefficient (Wildman–Crippen LogP) is 3.44. The molecular formula is C14H11BrF2N2O. The summed E-state index contributed by atoms with van der Waals surface area (Å²) in [6.45, 7) is 0.0877. The maximum absolute atomic E-state index is 13.8. The van der Waals surface area contributed by atoms with Crippen molar-refractivity contribution < 1.29 is 13.6 Å². The summed E-state index contributed by atoms with van der Waals surface area (Å²) in [6, 6.07) is 8.48. The molecule has 3 nitrogen and oxygen atoms in total. The first kappa shape index (κ1) is 14.5. The molecule has 1 amide bonds. The Bertz CT molecular complexity index is 641. The van der Waals surface area contributed by atoms with Crippen molar-refractivity contribution in [3.8, 4) is 0 Å². The molecule has 104 valence electrons. The van der Waals surface area contributed by atoms with Gasteiger partial charge in [0.1, 0.15) is 11.6 Å². The van der Waals surface area contributed by atoms with Gasteiger partial charge in [-0.2, -0.15) is 0 Å². The van der Waals surface area contributed by atoms with Gasteiger partial charge in [0, 0.05) is 22.1 Å². The van der Waals surface area contributed by atoms with Crippen LogP contribution in [0.4, 0.5) is 14.5 Å². The Labute approximate surface area is 122 Å². The van der Waals surface area contributed by atoms with Gasteiger partial charge in [-0.3, -0.25) is 4.79 Å². The fourth-order valence-corrected chi connectivity index (χ4v) is 2.18. The molecule has 0 radical (unpaired) electrons. The van der Waals surface area contributed by atoms with E-state index in [-0.39, 0.29) is 17.8 Å². The van der Waals surface area contributed by atoms with Gasteiger partial charge in [-0.15, -0.1) is 0 Å². The number of rotatable bonds is 4. The number of para-hydroxylation sites is 1. The third-order valence-corrected chi connectivity index (χ3v) is 3.42. The molecule has 0 aliphatic rings. The van der Waals surface area contributed by atoms with Gasteiger partial charge in [-0.1, -0.05) is 12.1 Å². The summed E-state index contributed by atoms with van der Waals surface area (Å²) in [4.78, 5) is 10.9. The third-order valence-electron chi connectivity index (χ3n) is 2.76. The number of benzene rings is 2. The maximum Gasteiger partial charge on any atom is 0.248 e. The van der Waals surface area contributed by atoms with Crippen LogP contribution in [0.2, 0.25) is 0 Å². The van der Waals surface area contributed by atoms with E-state index in [0.717, 1.165) is 6.07 Å². The van der Waals surface area contributed by atoms with Gasteiger partial charge in [0.05, 0.1) is 5.69 Å². The van der Waals surface area contributed by atoms with E-state index < -0.39 is 17.5 Å². The molecule has 20 heavy (non-hydrogen) atoms. The molecule has 3 N–H and O–H groups in total. The molecular weight excluding hydrogens is 330 g/mol. The van der Waals surface area contributed by atoms with E-state index in [4.69, 9.17) is 5.73 Å². The molecule has 0 heterocycles. The zero-order chi connectivity index (χ0) is 14.7. The number of primary amides is 1. The minimum atomic E-state index is -0.694. The van der Waals surface area contributed by atoms with E-state index in [1.54, 1.807) is 12.1 Å². The van der Waals surface area contributed by atoms with Crippen molar-refractivity contribution in [1.82, 2.24) is 0 Å². The lowest BCUT2D eigenvalue weighted by molar-refractivity contribution is 0.1000. The van der Waals surface area contributed by atoms with Crippen LogP contribution in [-0.2, 0) is 6.54 Å². The number of halogens is 3. The number of nitrogens with two attached hydrogens (primary N) is 1. The van der Waals surface area contributed by atoms with Crippen LogP contribution in [0, 0.1) is 11.6 Å². The van der Waals surface area contributed by atoms with E-state index >= 15 is 0 Å². The number of amides is 1. The van der Waals surface area contributed by atoms with Crippen LogP contribution >= 0.6 is 15.9 Å². The van der Waals surface area contributed by atoms with Crippen LogP contribution in [0.5, 0.6) is 0 Å². The Balaban J connectivity index is 2.17. The molecule has 0 unspecified atom stereocenters. The van der Waals surface area contributed by atoms with Crippen molar-refractivity contribution in [2.24, 2.45) is 5.73 Å². The molecule has 0 spiro atoms. The first-order chi connectivity index (χ1) is 9.49. The van der Waals surface area contributed by atoms with Gasteiger partial charge < -0.3 is 11.1 Å². The Kier molecular flexibility index (Phi) is 4.34. The quantitative estimate of drug-likeness (QED) is 0.895. The van der Waals surface area contributed by atoms with E-state index in [2.05, 4.69) is 21.2 Å². The zero-order valence-corrected chi connectivity index (χ0v) is 11.9. The van der Waals surface area contributed by atoms with Gasteiger partial charge in [-0.25, -0.2) is 8.78 Å². The first-order valence-electron chi connectivity index (χ1n) is 5.75. The molecule has 6 heteroatoms. The zero-order valence-electron chi connectivity index (χ0n) is 10.3. The van der Waals surface area contributed by atoms with E-state index in [0.29, 0.717) is 10.0 Å². The molecule has 0 saturated heterocycles. The van der Waals surface area contributed by atoms with E-state index in [1.807, 2.05) is 0 Å². The standard InChI is InChI=1S/C14H11BrF2N2O/c15-10-2-1-3-11(16)13(10)19-7-9-5-4-8(14(18)20)6-12(9)17/h1-6,19H,7H2,(H2,18,20). The third kappa shape index (κ3) is 3.14. The summed E-state index contributed by atoms with van der Waals surface area (Å²) in [6.07, 6.45) is 0. The van der Waals surface area contributed by atoms with Crippen molar-refractivity contribution in [3.05, 3.63) is 63.6 Å². The second-order valence-corrected chi connectivity index (χ2v) is 4.97. The van der Waals surface area contributed by atoms with Crippen LogP contribution in [0.3, 0.4) is 0 Å². The highest BCUT2D eigenvalue weighted by atomic mass is 79.9. The summed E-state index contributed by atoms with van der Waals surface area (Å²) in [5, 5.41) is 2.81. The average Bonchev–Trinajstić information content (AvgIpc) is 2.39. The number of nitrogens with one attached hydrogen (secondary N) is 1. The molecule has 0 aromatic heterocycles. The monoisotopic (exact) mass is 340 g/mol. The van der Waals surface area contributed by atoms with Gasteiger partial charge in [0.15, 0.2) is 0 Å². The van der Waals surface area contributed by atoms with Gasteiger partial charge >= 0.3 is 0 Å². The van der Waals surface area contributed by atoms with Gasteiger partial charge in [0.2, 0.25) is 5.91 Å². The highest BCUT2D eigenvalue weighted by molar-refractivity contribution is 9.10. The van der Waals surface area contributed by atoms with Crippen LogP contribution in [0.25, 0.3) is 0 Å². The van der Waals surface area contributed by atoms with Crippen molar-refractivity contribution in [3.63, 3.8) is 0 Å². The second kappa shape index (κ2) is 6.00. The summed E-state index contributed by atoms with van der Waals surface area (Å²) < 4.78 is 27.9. The fraction of sp³-hybridized carbons (Fsp3) is 0.0714. The molecule has 0 aliphatic carbocycles. The second-order valence-electron chi connectivity index (χ2n) is 4.12. The summed E-state index contributed by atoms with van der Waals surface area (Å²) >= 11 is 3.21. The molecule has 2 aromatic rings. The van der Waals surface area contributed by atoms with E-state index in [1.165, 1.54) is 18.2 Å². The molecule has 0 aliphatic heterocycles. The highest BCUT2D eigenvalue weighted by Gasteiger charge is 2.09. The Morgan fingerprint density at radius 1 is 1.20 bits per heavy atom. The minimum Gasteiger partial charge on any atom is -0.378 e. The van der Waals surface area contributed by atoms with Crippen LogP contribution in [0.1, 0.15) is 15.9 Å². The Hall–Kier alpha value is -1.95. The minimum absolute atomic E-state index is 0.0877. The van der Waals surface area contributed by atoms with Crippen LogP contribution in [-0.4, -0.2) is 5.91 Å². The molecule has 2 aromatic carbocycles. The SMILES string of the molecule is NC(=O)c1ccc(CNc2c(F)cccc2Br)c(F)c1. The molecule has 0 atom stereocenters. The van der Waals surface area contributed by atoms with Crippen LogP contribution < -0.4 is 11.1 Å². The lowest BCUT2D eigenvalue weighted by atomic mass is 10.1. The Morgan fingerprint density at radius 3 is 2.55 bits per heavy atom. The van der Waals surface area contributed by atoms with Crippen LogP contribution in [0.15, 0.2) is 40.9 Å². The highest BCUT2D eigenvalue weighted by Crippen LogP contribution is 2.26. The number of anilines is 1. The number of hydrogen-bond donors (Lipinski definition) is 2. The largest absolute Gasteiger partial charge is 0.378 e. The van der Waals surface area contributed by atoms with Gasteiger partial charge in [-0.05, 0) is 40.2 Å². The average molecular weight is 341 g/mol. The molecule has 0 fully saturated rings. The lowest BCUT2D eigenvalue weighted by Gasteiger charge is -2.10. The summed E-state index contributed by atoms with van der Waals surface area (Å²) in [7, 11) is 0. The summed E-state index contributed by atoms with van der Waals surface area (Å²) in [5.74, 6) is -1.70. The smallest absolute Gasteiger partial charge is 0.248 e. The summed E-state index contributed by atoms with van der Waals surface area (Å²) in [5.41, 5.74) is 5.72. The normalized spacial score (nSPS) is 10.3. The first-order valence-corrected chi connectivity index (χ1v) is 6.54. The van der Waals surface area contributed by atoms with Crippen molar-refractivity contribution >= 4 is 27.5 Å². The van der Waals surface area contributed by atoms with Gasteiger partial charge in [0.25, 0.3) is 0 Å². The molecule has 0 saturated carbocycles. The fourth-order valence-electron chi connectivity index (χ4n) is 1.69. The number of carbonyl (C=O) groups is 1. The lowest BCUT2D eigenvalue weighted by Crippen LogP contribution is -2.12. The number of carbonyl (C=O) groups excluding carboxylic acids is 1. The number of hydrogen-bond acceptors (Lipinski definition) is 2. The van der Waals surface area contributed by atoms with Crippen molar-refractivity contribution in [2.45, 2.75) is 6.54 Å². The molecule has 2 rings (SSSR count). The maximum atomic E-state index is 13.8. The predicted molar refractivity (Wildman–Crippen MR) is 76.3 cm³/mol. The van der Waals surface area contributed by atoms with Crippen molar-refractivity contribution in [2.75, 3.05) is 5.32 Å². The van der Waals surface area contributed by atoms with Crippen molar-refractivity contribution in [1.29, 1.82) is 0 Å². The Morgan fingerprint density at radius 2 is 1.95 bits per heavy atom. The topological polar surface area (TPSA) is 55.1 Å². The van der Waals surface area contributed by atoms with E-state index in [9.17, 15) is 13.6 Å².